The number of ether oxygens (including phenoxy) is 4. The third-order valence-corrected chi connectivity index (χ3v) is 6.83. The second-order valence-corrected chi connectivity index (χ2v) is 8.95. The van der Waals surface area contributed by atoms with Crippen molar-refractivity contribution in [3.05, 3.63) is 77.4 Å². The Labute approximate surface area is 222 Å². The zero-order chi connectivity index (χ0) is 27.1. The maximum atomic E-state index is 13.9. The Hall–Kier alpha value is -3.86. The molecule has 1 heterocycles. The summed E-state index contributed by atoms with van der Waals surface area (Å²) in [4.78, 5) is 29.2. The van der Waals surface area contributed by atoms with Gasteiger partial charge in [0.1, 0.15) is 0 Å². The highest BCUT2D eigenvalue weighted by atomic mass is 16.5. The van der Waals surface area contributed by atoms with E-state index in [2.05, 4.69) is 0 Å². The van der Waals surface area contributed by atoms with Crippen LogP contribution in [0, 0.1) is 0 Å². The fraction of sp³-hybridized carbons (Fsp3) is 0.357. The van der Waals surface area contributed by atoms with Crippen molar-refractivity contribution >= 4 is 17.5 Å². The molecule has 4 rings (SSSR count). The van der Waals surface area contributed by atoms with Gasteiger partial charge in [-0.15, -0.1) is 0 Å². The van der Waals surface area contributed by atoms with E-state index in [1.807, 2.05) is 36.4 Å². The molecule has 2 aromatic carbocycles. The van der Waals surface area contributed by atoms with E-state index in [4.69, 9.17) is 24.2 Å². The van der Waals surface area contributed by atoms with Gasteiger partial charge in [0.15, 0.2) is 17.2 Å². The average molecular weight is 524 g/mol. The molecule has 202 valence electrons. The smallest absolute Gasteiger partial charge is 0.323 e. The van der Waals surface area contributed by atoms with E-state index in [1.165, 1.54) is 0 Å². The Bertz CT molecular complexity index is 1210. The van der Waals surface area contributed by atoms with Crippen molar-refractivity contribution in [2.75, 3.05) is 47.6 Å². The summed E-state index contributed by atoms with van der Waals surface area (Å²) in [7, 11) is 4.78. The van der Waals surface area contributed by atoms with Gasteiger partial charge in [-0.05, 0) is 47.0 Å². The van der Waals surface area contributed by atoms with Crippen molar-refractivity contribution in [2.24, 2.45) is 0 Å². The molecule has 0 radical (unpaired) electrons. The number of urea groups is 1. The lowest BCUT2D eigenvalue weighted by atomic mass is 9.90. The van der Waals surface area contributed by atoms with E-state index in [1.54, 1.807) is 60.9 Å². The van der Waals surface area contributed by atoms with Gasteiger partial charge in [-0.25, -0.2) is 10.3 Å². The average Bonchev–Trinajstić information content (AvgIpc) is 2.99. The number of hydrogen-bond donors (Lipinski definition) is 2. The number of carbonyl (C=O) groups excluding carboxylic acids is 2. The molecular formula is C28H33N3O7. The molecule has 0 spiro atoms. The highest BCUT2D eigenvalue weighted by molar-refractivity contribution is 5.93. The van der Waals surface area contributed by atoms with E-state index in [0.717, 1.165) is 16.7 Å². The van der Waals surface area contributed by atoms with Gasteiger partial charge in [0.25, 0.3) is 5.91 Å². The van der Waals surface area contributed by atoms with Crippen LogP contribution in [-0.2, 0) is 16.0 Å². The van der Waals surface area contributed by atoms with Gasteiger partial charge in [-0.3, -0.25) is 14.9 Å². The molecule has 2 N–H and O–H groups in total. The third kappa shape index (κ3) is 5.67. The van der Waals surface area contributed by atoms with Gasteiger partial charge < -0.3 is 23.8 Å². The van der Waals surface area contributed by atoms with Crippen LogP contribution in [0.1, 0.15) is 27.9 Å². The van der Waals surface area contributed by atoms with Crippen LogP contribution in [0.25, 0.3) is 5.57 Å². The van der Waals surface area contributed by atoms with Crippen LogP contribution in [0.5, 0.6) is 11.5 Å². The standard InChI is InChI=1S/C28H33N3O7/c1-35-24-11-10-22(17-25(24)36-2)23-5-4-12-28(18-23,37-3)31(27(33)30-13-15-38-16-14-30)19-20-6-8-21(9-7-20)26(32)29-34/h4-12,17,34H,13-16,18-19H2,1-3H3,(H,29,32). The number of morpholine rings is 1. The molecule has 10 heteroatoms. The van der Waals surface area contributed by atoms with E-state index in [0.29, 0.717) is 49.8 Å². The number of hydroxylamine groups is 1. The lowest BCUT2D eigenvalue weighted by Crippen LogP contribution is -2.58. The number of hydrogen-bond acceptors (Lipinski definition) is 7. The number of methoxy groups -OCH3 is 3. The zero-order valence-electron chi connectivity index (χ0n) is 21.8. The number of nitrogens with one attached hydrogen (secondary N) is 1. The molecule has 0 aromatic heterocycles. The Balaban J connectivity index is 1.68. The summed E-state index contributed by atoms with van der Waals surface area (Å²) in [6, 6.07) is 12.2. The molecule has 38 heavy (non-hydrogen) atoms. The Morgan fingerprint density at radius 1 is 1.05 bits per heavy atom. The van der Waals surface area contributed by atoms with Crippen molar-refractivity contribution in [2.45, 2.75) is 18.7 Å². The van der Waals surface area contributed by atoms with Gasteiger partial charge in [-0.2, -0.15) is 0 Å². The van der Waals surface area contributed by atoms with Gasteiger partial charge in [0.05, 0.1) is 34.0 Å². The predicted octanol–water partition coefficient (Wildman–Crippen LogP) is 3.46. The largest absolute Gasteiger partial charge is 0.493 e. The number of allylic oxidation sites excluding steroid dienone is 2. The van der Waals surface area contributed by atoms with Crippen LogP contribution >= 0.6 is 0 Å². The SMILES string of the molecule is COc1ccc(C2=CC=CC(OC)(N(Cc3ccc(C(=O)NO)cc3)C(=O)N3CCOCC3)C2)cc1OC. The minimum absolute atomic E-state index is 0.175. The van der Waals surface area contributed by atoms with Gasteiger partial charge in [0, 0.05) is 32.2 Å². The quantitative estimate of drug-likeness (QED) is 0.310. The molecule has 1 unspecified atom stereocenters. The van der Waals surface area contributed by atoms with Crippen LogP contribution in [0.15, 0.2) is 60.7 Å². The van der Waals surface area contributed by atoms with Gasteiger partial charge in [0.2, 0.25) is 0 Å². The van der Waals surface area contributed by atoms with Crippen molar-refractivity contribution in [1.29, 1.82) is 0 Å². The number of benzene rings is 2. The zero-order valence-corrected chi connectivity index (χ0v) is 21.8. The molecule has 1 aliphatic heterocycles. The predicted molar refractivity (Wildman–Crippen MR) is 140 cm³/mol. The first kappa shape index (κ1) is 27.2. The minimum atomic E-state index is -1.08. The summed E-state index contributed by atoms with van der Waals surface area (Å²) in [5, 5.41) is 8.92. The van der Waals surface area contributed by atoms with Crippen LogP contribution in [0.3, 0.4) is 0 Å². The van der Waals surface area contributed by atoms with Gasteiger partial charge in [-0.1, -0.05) is 30.4 Å². The minimum Gasteiger partial charge on any atom is -0.493 e. The normalized spacial score (nSPS) is 18.9. The molecule has 10 nitrogen and oxygen atoms in total. The van der Waals surface area contributed by atoms with Crippen molar-refractivity contribution in [1.82, 2.24) is 15.3 Å². The topological polar surface area (TPSA) is 110 Å². The monoisotopic (exact) mass is 523 g/mol. The second-order valence-electron chi connectivity index (χ2n) is 8.95. The number of carbonyl (C=O) groups is 2. The van der Waals surface area contributed by atoms with E-state index < -0.39 is 11.6 Å². The highest BCUT2D eigenvalue weighted by Gasteiger charge is 2.42. The van der Waals surface area contributed by atoms with Crippen LogP contribution in [0.2, 0.25) is 0 Å². The molecule has 0 bridgehead atoms. The molecule has 0 saturated carbocycles. The molecule has 1 fully saturated rings. The molecular weight excluding hydrogens is 490 g/mol. The van der Waals surface area contributed by atoms with Crippen molar-refractivity contribution in [3.63, 3.8) is 0 Å². The van der Waals surface area contributed by atoms with E-state index in [9.17, 15) is 9.59 Å². The molecule has 1 saturated heterocycles. The summed E-state index contributed by atoms with van der Waals surface area (Å²) >= 11 is 0. The Kier molecular flexibility index (Phi) is 8.67. The van der Waals surface area contributed by atoms with E-state index in [-0.39, 0.29) is 12.6 Å². The molecule has 2 aromatic rings. The lowest BCUT2D eigenvalue weighted by Gasteiger charge is -2.45. The van der Waals surface area contributed by atoms with Crippen LogP contribution < -0.4 is 15.0 Å². The van der Waals surface area contributed by atoms with Gasteiger partial charge >= 0.3 is 6.03 Å². The summed E-state index contributed by atoms with van der Waals surface area (Å²) in [5.74, 6) is 0.631. The highest BCUT2D eigenvalue weighted by Crippen LogP contribution is 2.39. The first-order chi connectivity index (χ1) is 18.4. The number of amides is 3. The van der Waals surface area contributed by atoms with Crippen LogP contribution in [0.4, 0.5) is 4.79 Å². The molecule has 2 aliphatic rings. The third-order valence-electron chi connectivity index (χ3n) is 6.83. The van der Waals surface area contributed by atoms with E-state index >= 15 is 0 Å². The first-order valence-electron chi connectivity index (χ1n) is 12.3. The Morgan fingerprint density at radius 2 is 1.76 bits per heavy atom. The fourth-order valence-electron chi connectivity index (χ4n) is 4.67. The first-order valence-corrected chi connectivity index (χ1v) is 12.3. The lowest BCUT2D eigenvalue weighted by molar-refractivity contribution is -0.0850. The Morgan fingerprint density at radius 3 is 2.39 bits per heavy atom. The van der Waals surface area contributed by atoms with Crippen molar-refractivity contribution in [3.8, 4) is 11.5 Å². The summed E-state index contributed by atoms with van der Waals surface area (Å²) in [6.45, 7) is 2.13. The summed E-state index contributed by atoms with van der Waals surface area (Å²) in [6.07, 6.45) is 6.19. The van der Waals surface area contributed by atoms with Crippen LogP contribution in [-0.4, -0.2) is 80.3 Å². The second kappa shape index (κ2) is 12.1. The summed E-state index contributed by atoms with van der Waals surface area (Å²) in [5.41, 5.74) is 3.55. The van der Waals surface area contributed by atoms with Crippen molar-refractivity contribution < 1.29 is 33.7 Å². The summed E-state index contributed by atoms with van der Waals surface area (Å²) < 4.78 is 22.5. The molecule has 3 amide bonds. The number of rotatable bonds is 8. The maximum absolute atomic E-state index is 13.9. The molecule has 1 aliphatic carbocycles. The fourth-order valence-corrected chi connectivity index (χ4v) is 4.67. The number of nitrogens with zero attached hydrogens (tertiary/aromatic N) is 2. The molecule has 1 atom stereocenters. The maximum Gasteiger partial charge on any atom is 0.323 e.